The molecule has 1 aromatic carbocycles. The normalized spacial score (nSPS) is 17.2. The lowest BCUT2D eigenvalue weighted by molar-refractivity contribution is 0.174. The van der Waals surface area contributed by atoms with Crippen LogP contribution in [0.2, 0.25) is 0 Å². The number of ether oxygens (including phenoxy) is 3. The summed E-state index contributed by atoms with van der Waals surface area (Å²) in [5.74, 6) is 1.52. The van der Waals surface area contributed by atoms with Crippen LogP contribution in [0.25, 0.3) is 0 Å². The first kappa shape index (κ1) is 8.40. The van der Waals surface area contributed by atoms with Crippen molar-refractivity contribution in [1.29, 1.82) is 0 Å². The van der Waals surface area contributed by atoms with E-state index in [1.165, 1.54) is 0 Å². The van der Waals surface area contributed by atoms with Gasteiger partial charge in [-0.05, 0) is 12.1 Å². The summed E-state index contributed by atoms with van der Waals surface area (Å²) in [5, 5.41) is 3.06. The Balaban J connectivity index is 1.80. The van der Waals surface area contributed by atoms with Gasteiger partial charge in [0.05, 0.1) is 6.54 Å². The van der Waals surface area contributed by atoms with Crippen LogP contribution in [-0.4, -0.2) is 26.0 Å². The molecule has 1 N–H and O–H groups in total. The number of aliphatic imine (C=N–C) groups is 1. The van der Waals surface area contributed by atoms with Crippen molar-refractivity contribution < 1.29 is 14.2 Å². The first-order chi connectivity index (χ1) is 7.42. The van der Waals surface area contributed by atoms with E-state index in [4.69, 9.17) is 14.2 Å². The molecule has 0 bridgehead atoms. The summed E-state index contributed by atoms with van der Waals surface area (Å²) in [4.78, 5) is 4.14. The lowest BCUT2D eigenvalue weighted by atomic mass is 10.3. The lowest BCUT2D eigenvalue weighted by Crippen LogP contribution is -2.11. The molecular formula is C10H10N2O3. The fraction of sp³-hybridized carbons (Fsp3) is 0.300. The van der Waals surface area contributed by atoms with Crippen LogP contribution in [0.15, 0.2) is 23.2 Å². The largest absolute Gasteiger partial charge is 0.463 e. The summed E-state index contributed by atoms with van der Waals surface area (Å²) in [6, 6.07) is 6.19. The van der Waals surface area contributed by atoms with Gasteiger partial charge in [0.1, 0.15) is 6.61 Å². The second-order valence-corrected chi connectivity index (χ2v) is 3.23. The topological polar surface area (TPSA) is 52.1 Å². The third-order valence-electron chi connectivity index (χ3n) is 2.21. The molecule has 2 aliphatic heterocycles. The molecule has 0 saturated carbocycles. The van der Waals surface area contributed by atoms with E-state index < -0.39 is 0 Å². The van der Waals surface area contributed by atoms with Gasteiger partial charge in [0.2, 0.25) is 6.79 Å². The summed E-state index contributed by atoms with van der Waals surface area (Å²) in [5.41, 5.74) is 0.889. The maximum atomic E-state index is 5.26. The fourth-order valence-electron chi connectivity index (χ4n) is 1.51. The molecule has 3 rings (SSSR count). The lowest BCUT2D eigenvalue weighted by Gasteiger charge is -2.05. The van der Waals surface area contributed by atoms with E-state index in [1.54, 1.807) is 0 Å². The van der Waals surface area contributed by atoms with Crippen molar-refractivity contribution in [3.05, 3.63) is 18.2 Å². The summed E-state index contributed by atoms with van der Waals surface area (Å²) in [6.45, 7) is 1.65. The van der Waals surface area contributed by atoms with E-state index in [-0.39, 0.29) is 6.79 Å². The number of hydrogen-bond donors (Lipinski definition) is 1. The molecule has 0 aromatic heterocycles. The minimum Gasteiger partial charge on any atom is -0.463 e. The Morgan fingerprint density at radius 2 is 2.07 bits per heavy atom. The monoisotopic (exact) mass is 206 g/mol. The Hall–Kier alpha value is -1.91. The molecule has 2 heterocycles. The van der Waals surface area contributed by atoms with Crippen molar-refractivity contribution in [1.82, 2.24) is 0 Å². The highest BCUT2D eigenvalue weighted by Gasteiger charge is 2.14. The maximum absolute atomic E-state index is 5.26. The molecule has 1 aromatic rings. The molecule has 78 valence electrons. The van der Waals surface area contributed by atoms with Crippen LogP contribution in [-0.2, 0) is 4.74 Å². The Labute approximate surface area is 86.7 Å². The molecule has 2 aliphatic rings. The average molecular weight is 206 g/mol. The standard InChI is InChI=1S/C10H10N2O3/c1-2-8-9(15-6-14-8)5-7(1)12-10-11-3-4-13-10/h1-2,5H,3-4,6H2,(H,11,12). The van der Waals surface area contributed by atoms with E-state index in [9.17, 15) is 0 Å². The zero-order valence-corrected chi connectivity index (χ0v) is 8.03. The Morgan fingerprint density at radius 3 is 2.93 bits per heavy atom. The van der Waals surface area contributed by atoms with Crippen LogP contribution < -0.4 is 14.8 Å². The van der Waals surface area contributed by atoms with Crippen molar-refractivity contribution in [3.63, 3.8) is 0 Å². The number of fused-ring (bicyclic) bond motifs is 1. The predicted octanol–water partition coefficient (Wildman–Crippen LogP) is 1.21. The number of nitrogens with one attached hydrogen (secondary N) is 1. The van der Waals surface area contributed by atoms with E-state index in [0.29, 0.717) is 19.2 Å². The third-order valence-corrected chi connectivity index (χ3v) is 2.21. The molecule has 0 unspecified atom stereocenters. The average Bonchev–Trinajstić information content (AvgIpc) is 2.87. The molecule has 0 fully saturated rings. The third kappa shape index (κ3) is 1.56. The second kappa shape index (κ2) is 3.34. The summed E-state index contributed by atoms with van der Waals surface area (Å²) in [6.07, 6.45) is 0. The molecule has 0 atom stereocenters. The number of hydrogen-bond acceptors (Lipinski definition) is 5. The molecule has 0 aliphatic carbocycles. The Bertz CT molecular complexity index is 417. The Morgan fingerprint density at radius 1 is 1.13 bits per heavy atom. The quantitative estimate of drug-likeness (QED) is 0.750. The van der Waals surface area contributed by atoms with Gasteiger partial charge >= 0.3 is 0 Å². The minimum absolute atomic E-state index is 0.288. The molecule has 5 nitrogen and oxygen atoms in total. The Kier molecular flexibility index (Phi) is 1.87. The highest BCUT2D eigenvalue weighted by atomic mass is 16.7. The van der Waals surface area contributed by atoms with Gasteiger partial charge < -0.3 is 19.5 Å². The van der Waals surface area contributed by atoms with Crippen LogP contribution in [0.5, 0.6) is 11.5 Å². The van der Waals surface area contributed by atoms with Crippen molar-refractivity contribution in [2.45, 2.75) is 0 Å². The van der Waals surface area contributed by atoms with Crippen molar-refractivity contribution in [2.75, 3.05) is 25.3 Å². The van der Waals surface area contributed by atoms with E-state index in [1.807, 2.05) is 18.2 Å². The van der Waals surface area contributed by atoms with E-state index >= 15 is 0 Å². The van der Waals surface area contributed by atoms with Gasteiger partial charge in [0.25, 0.3) is 6.02 Å². The number of rotatable bonds is 1. The van der Waals surface area contributed by atoms with Gasteiger partial charge in [-0.15, -0.1) is 0 Å². The zero-order valence-electron chi connectivity index (χ0n) is 8.03. The molecule has 0 spiro atoms. The van der Waals surface area contributed by atoms with Gasteiger partial charge in [-0.25, -0.2) is 4.99 Å². The number of nitrogens with zero attached hydrogens (tertiary/aromatic N) is 1. The summed E-state index contributed by atoms with van der Waals surface area (Å²) >= 11 is 0. The van der Waals surface area contributed by atoms with Crippen LogP contribution in [0.1, 0.15) is 0 Å². The van der Waals surface area contributed by atoms with Gasteiger partial charge in [0.15, 0.2) is 11.5 Å². The first-order valence-corrected chi connectivity index (χ1v) is 4.76. The van der Waals surface area contributed by atoms with Gasteiger partial charge in [-0.1, -0.05) is 0 Å². The van der Waals surface area contributed by atoms with Gasteiger partial charge in [0, 0.05) is 11.8 Å². The minimum atomic E-state index is 0.288. The number of amidine groups is 1. The molecule has 0 radical (unpaired) electrons. The fourth-order valence-corrected chi connectivity index (χ4v) is 1.51. The molecule has 15 heavy (non-hydrogen) atoms. The highest BCUT2D eigenvalue weighted by molar-refractivity contribution is 5.90. The first-order valence-electron chi connectivity index (χ1n) is 4.76. The molecular weight excluding hydrogens is 196 g/mol. The summed E-state index contributed by atoms with van der Waals surface area (Å²) in [7, 11) is 0. The van der Waals surface area contributed by atoms with E-state index in [2.05, 4.69) is 10.3 Å². The molecule has 0 saturated heterocycles. The summed E-state index contributed by atoms with van der Waals surface area (Å²) < 4.78 is 15.7. The number of benzene rings is 1. The molecule has 5 heteroatoms. The van der Waals surface area contributed by atoms with Gasteiger partial charge in [-0.2, -0.15) is 0 Å². The highest BCUT2D eigenvalue weighted by Crippen LogP contribution is 2.34. The zero-order chi connectivity index (χ0) is 10.1. The van der Waals surface area contributed by atoms with Crippen LogP contribution in [0.3, 0.4) is 0 Å². The van der Waals surface area contributed by atoms with Gasteiger partial charge in [-0.3, -0.25) is 0 Å². The van der Waals surface area contributed by atoms with Crippen LogP contribution >= 0.6 is 0 Å². The molecule has 0 amide bonds. The maximum Gasteiger partial charge on any atom is 0.289 e. The van der Waals surface area contributed by atoms with Crippen molar-refractivity contribution in [2.24, 2.45) is 4.99 Å². The number of anilines is 1. The van der Waals surface area contributed by atoms with Crippen molar-refractivity contribution in [3.8, 4) is 11.5 Å². The van der Waals surface area contributed by atoms with Crippen LogP contribution in [0, 0.1) is 0 Å². The second-order valence-electron chi connectivity index (χ2n) is 3.23. The predicted molar refractivity (Wildman–Crippen MR) is 54.4 cm³/mol. The SMILES string of the molecule is c1cc2c(cc1NC1=NCCO1)OCO2. The van der Waals surface area contributed by atoms with Crippen LogP contribution in [0.4, 0.5) is 5.69 Å². The van der Waals surface area contributed by atoms with Crippen molar-refractivity contribution >= 4 is 11.7 Å². The smallest absolute Gasteiger partial charge is 0.289 e. The van der Waals surface area contributed by atoms with E-state index in [0.717, 1.165) is 17.2 Å².